The maximum absolute atomic E-state index is 12.5. The fourth-order valence-electron chi connectivity index (χ4n) is 2.98. The number of halogens is 3. The second-order valence-corrected chi connectivity index (χ2v) is 5.82. The highest BCUT2D eigenvalue weighted by molar-refractivity contribution is 4.90. The summed E-state index contributed by atoms with van der Waals surface area (Å²) in [6, 6.07) is 0.827. The van der Waals surface area contributed by atoms with Crippen LogP contribution in [0.25, 0.3) is 0 Å². The van der Waals surface area contributed by atoms with Crippen molar-refractivity contribution in [2.24, 2.45) is 5.92 Å². The van der Waals surface area contributed by atoms with Crippen molar-refractivity contribution >= 4 is 0 Å². The molecule has 2 nitrogen and oxygen atoms in total. The molecular formula is C13H23F3N2. The topological polar surface area (TPSA) is 15.3 Å². The number of nitrogens with zero attached hydrogens (tertiary/aromatic N) is 1. The van der Waals surface area contributed by atoms with Crippen LogP contribution >= 0.6 is 0 Å². The Morgan fingerprint density at radius 3 is 2.44 bits per heavy atom. The summed E-state index contributed by atoms with van der Waals surface area (Å²) in [7, 11) is 0. The summed E-state index contributed by atoms with van der Waals surface area (Å²) in [4.78, 5) is 2.19. The van der Waals surface area contributed by atoms with Gasteiger partial charge in [-0.25, -0.2) is 0 Å². The van der Waals surface area contributed by atoms with Crippen molar-refractivity contribution in [3.63, 3.8) is 0 Å². The Morgan fingerprint density at radius 1 is 1.17 bits per heavy atom. The highest BCUT2D eigenvalue weighted by atomic mass is 19.4. The normalized spacial score (nSPS) is 30.7. The first-order valence-corrected chi connectivity index (χ1v) is 7.01. The van der Waals surface area contributed by atoms with E-state index in [9.17, 15) is 13.2 Å². The molecule has 18 heavy (non-hydrogen) atoms. The quantitative estimate of drug-likeness (QED) is 0.821. The lowest BCUT2D eigenvalue weighted by Crippen LogP contribution is -2.50. The number of hydrogen-bond donors (Lipinski definition) is 1. The standard InChI is InChI=1S/C13H23F3N2/c1-2-5-18-8-10(7-13(14,15)16)6-12(9-18)17-11-3-4-11/h10-12,17H,2-9H2,1H3. The van der Waals surface area contributed by atoms with Crippen LogP contribution in [0.1, 0.15) is 39.0 Å². The van der Waals surface area contributed by atoms with E-state index in [1.54, 1.807) is 0 Å². The van der Waals surface area contributed by atoms with E-state index in [0.717, 1.165) is 19.5 Å². The molecule has 2 aliphatic rings. The zero-order chi connectivity index (χ0) is 13.2. The minimum Gasteiger partial charge on any atom is -0.310 e. The van der Waals surface area contributed by atoms with Gasteiger partial charge in [-0.3, -0.25) is 0 Å². The van der Waals surface area contributed by atoms with Gasteiger partial charge in [-0.1, -0.05) is 6.92 Å². The summed E-state index contributed by atoms with van der Waals surface area (Å²) in [6.45, 7) is 4.52. The number of likely N-dealkylation sites (tertiary alicyclic amines) is 1. The lowest BCUT2D eigenvalue weighted by atomic mass is 9.91. The highest BCUT2D eigenvalue weighted by Crippen LogP contribution is 2.31. The third-order valence-electron chi connectivity index (χ3n) is 3.72. The maximum atomic E-state index is 12.5. The number of rotatable bonds is 5. The number of hydrogen-bond acceptors (Lipinski definition) is 2. The van der Waals surface area contributed by atoms with E-state index in [1.165, 1.54) is 12.8 Å². The van der Waals surface area contributed by atoms with E-state index < -0.39 is 12.6 Å². The summed E-state index contributed by atoms with van der Waals surface area (Å²) in [5.41, 5.74) is 0. The zero-order valence-corrected chi connectivity index (χ0v) is 11.0. The van der Waals surface area contributed by atoms with Crippen LogP contribution in [0.2, 0.25) is 0 Å². The Labute approximate surface area is 107 Å². The molecule has 0 aromatic rings. The molecule has 2 rings (SSSR count). The van der Waals surface area contributed by atoms with Crippen LogP contribution in [0.4, 0.5) is 13.2 Å². The van der Waals surface area contributed by atoms with Crippen LogP contribution in [0.15, 0.2) is 0 Å². The van der Waals surface area contributed by atoms with Crippen molar-refractivity contribution in [3.8, 4) is 0 Å². The van der Waals surface area contributed by atoms with Gasteiger partial charge in [0.15, 0.2) is 0 Å². The van der Waals surface area contributed by atoms with Crippen molar-refractivity contribution < 1.29 is 13.2 Å². The number of nitrogens with one attached hydrogen (secondary N) is 1. The van der Waals surface area contributed by atoms with E-state index in [4.69, 9.17) is 0 Å². The smallest absolute Gasteiger partial charge is 0.310 e. The predicted octanol–water partition coefficient (Wildman–Crippen LogP) is 2.79. The van der Waals surface area contributed by atoms with Gasteiger partial charge in [-0.2, -0.15) is 13.2 Å². The number of piperidine rings is 1. The molecule has 1 N–H and O–H groups in total. The average Bonchev–Trinajstić information content (AvgIpc) is 2.98. The van der Waals surface area contributed by atoms with Crippen molar-refractivity contribution in [2.75, 3.05) is 19.6 Å². The Kier molecular flexibility index (Phi) is 4.54. The molecule has 0 spiro atoms. The van der Waals surface area contributed by atoms with Crippen LogP contribution in [0, 0.1) is 5.92 Å². The average molecular weight is 264 g/mol. The van der Waals surface area contributed by atoms with E-state index in [1.807, 2.05) is 0 Å². The van der Waals surface area contributed by atoms with Crippen LogP contribution in [-0.2, 0) is 0 Å². The molecule has 2 unspecified atom stereocenters. The second-order valence-electron chi connectivity index (χ2n) is 5.82. The van der Waals surface area contributed by atoms with Gasteiger partial charge in [0, 0.05) is 31.6 Å². The molecule has 0 amide bonds. The van der Waals surface area contributed by atoms with E-state index in [0.29, 0.717) is 19.0 Å². The van der Waals surface area contributed by atoms with E-state index >= 15 is 0 Å². The minimum atomic E-state index is -4.02. The van der Waals surface area contributed by atoms with Crippen LogP contribution in [0.5, 0.6) is 0 Å². The van der Waals surface area contributed by atoms with Gasteiger partial charge in [0.2, 0.25) is 0 Å². The van der Waals surface area contributed by atoms with Gasteiger partial charge in [0.1, 0.15) is 0 Å². The Bertz CT molecular complexity index is 263. The van der Waals surface area contributed by atoms with Crippen LogP contribution in [0.3, 0.4) is 0 Å². The largest absolute Gasteiger partial charge is 0.389 e. The SMILES string of the molecule is CCCN1CC(CC(F)(F)F)CC(NC2CC2)C1. The molecule has 2 fully saturated rings. The molecule has 0 bridgehead atoms. The molecule has 1 heterocycles. The molecule has 0 aromatic heterocycles. The van der Waals surface area contributed by atoms with Crippen LogP contribution in [-0.4, -0.2) is 42.8 Å². The third kappa shape index (κ3) is 4.76. The summed E-state index contributed by atoms with van der Waals surface area (Å²) in [6.07, 6.45) is -0.590. The molecule has 106 valence electrons. The number of alkyl halides is 3. The van der Waals surface area contributed by atoms with Gasteiger partial charge in [0.25, 0.3) is 0 Å². The van der Waals surface area contributed by atoms with Gasteiger partial charge in [0.05, 0.1) is 0 Å². The third-order valence-corrected chi connectivity index (χ3v) is 3.72. The van der Waals surface area contributed by atoms with Gasteiger partial charge in [-0.05, 0) is 38.1 Å². The van der Waals surface area contributed by atoms with Crippen molar-refractivity contribution in [3.05, 3.63) is 0 Å². The highest BCUT2D eigenvalue weighted by Gasteiger charge is 2.37. The first-order valence-electron chi connectivity index (χ1n) is 7.01. The fourth-order valence-corrected chi connectivity index (χ4v) is 2.98. The van der Waals surface area contributed by atoms with Gasteiger partial charge >= 0.3 is 6.18 Å². The Morgan fingerprint density at radius 2 is 1.89 bits per heavy atom. The molecule has 0 radical (unpaired) electrons. The lowest BCUT2D eigenvalue weighted by molar-refractivity contribution is -0.148. The molecule has 1 saturated carbocycles. The fraction of sp³-hybridized carbons (Fsp3) is 1.00. The summed E-state index contributed by atoms with van der Waals surface area (Å²) in [5.74, 6) is -0.235. The Balaban J connectivity index is 1.87. The lowest BCUT2D eigenvalue weighted by Gasteiger charge is -2.38. The monoisotopic (exact) mass is 264 g/mol. The first kappa shape index (κ1) is 14.1. The summed E-state index contributed by atoms with van der Waals surface area (Å²) >= 11 is 0. The molecule has 1 aliphatic heterocycles. The van der Waals surface area contributed by atoms with Gasteiger partial charge in [-0.15, -0.1) is 0 Å². The molecule has 1 aliphatic carbocycles. The summed E-state index contributed by atoms with van der Waals surface area (Å²) < 4.78 is 37.5. The van der Waals surface area contributed by atoms with E-state index in [-0.39, 0.29) is 12.0 Å². The molecule has 5 heteroatoms. The molecule has 2 atom stereocenters. The maximum Gasteiger partial charge on any atom is 0.389 e. The zero-order valence-electron chi connectivity index (χ0n) is 11.0. The molecule has 0 aromatic carbocycles. The Hall–Kier alpha value is -0.290. The van der Waals surface area contributed by atoms with Crippen molar-refractivity contribution in [2.45, 2.75) is 57.3 Å². The first-order chi connectivity index (χ1) is 8.46. The summed E-state index contributed by atoms with van der Waals surface area (Å²) in [5, 5.41) is 3.49. The predicted molar refractivity (Wildman–Crippen MR) is 65.5 cm³/mol. The van der Waals surface area contributed by atoms with Crippen molar-refractivity contribution in [1.82, 2.24) is 10.2 Å². The molecule has 1 saturated heterocycles. The van der Waals surface area contributed by atoms with E-state index in [2.05, 4.69) is 17.1 Å². The molecular weight excluding hydrogens is 241 g/mol. The second kappa shape index (κ2) is 5.78. The minimum absolute atomic E-state index is 0.235. The van der Waals surface area contributed by atoms with Crippen molar-refractivity contribution in [1.29, 1.82) is 0 Å². The van der Waals surface area contributed by atoms with Gasteiger partial charge < -0.3 is 10.2 Å². The van der Waals surface area contributed by atoms with Crippen LogP contribution < -0.4 is 5.32 Å².